The lowest BCUT2D eigenvalue weighted by Crippen LogP contribution is -2.29. The molecule has 1 heterocycles. The van der Waals surface area contributed by atoms with Crippen molar-refractivity contribution in [1.82, 2.24) is 0 Å². The standard InChI is InChI=1S/C25H33NO/c1-18(2)16-21-7-6-20-17-23(27)12-13-24(20)25(21)19-8-10-22(11-9-19)26-14-4-3-5-15-26/h8-13,17-18,21,25,27H,3-7,14-16H2,1-2H3/t21-,25+/m1/s1. The SMILES string of the molecule is CC(C)C[C@H]1CCc2cc(O)ccc2[C@H]1c1ccc(N2CCCCC2)cc1. The highest BCUT2D eigenvalue weighted by molar-refractivity contribution is 5.51. The Labute approximate surface area is 164 Å². The molecule has 2 aliphatic rings. The molecule has 1 N–H and O–H groups in total. The molecule has 0 unspecified atom stereocenters. The van der Waals surface area contributed by atoms with Crippen LogP contribution < -0.4 is 4.90 Å². The van der Waals surface area contributed by atoms with Gasteiger partial charge in [-0.1, -0.05) is 32.0 Å². The molecule has 27 heavy (non-hydrogen) atoms. The van der Waals surface area contributed by atoms with Gasteiger partial charge in [-0.2, -0.15) is 0 Å². The number of rotatable bonds is 4. The highest BCUT2D eigenvalue weighted by Gasteiger charge is 2.31. The summed E-state index contributed by atoms with van der Waals surface area (Å²) in [7, 11) is 0. The van der Waals surface area contributed by atoms with E-state index in [1.54, 1.807) is 0 Å². The number of phenols is 1. The van der Waals surface area contributed by atoms with E-state index >= 15 is 0 Å². The summed E-state index contributed by atoms with van der Waals surface area (Å²) in [5.74, 6) is 2.24. The second-order valence-electron chi connectivity index (χ2n) is 8.93. The fraction of sp³-hybridized carbons (Fsp3) is 0.520. The van der Waals surface area contributed by atoms with Crippen LogP contribution in [0.5, 0.6) is 5.75 Å². The van der Waals surface area contributed by atoms with Crippen LogP contribution in [-0.2, 0) is 6.42 Å². The first-order valence-electron chi connectivity index (χ1n) is 10.8. The highest BCUT2D eigenvalue weighted by atomic mass is 16.3. The van der Waals surface area contributed by atoms with Crippen LogP contribution in [0.2, 0.25) is 0 Å². The molecule has 1 fully saturated rings. The monoisotopic (exact) mass is 363 g/mol. The van der Waals surface area contributed by atoms with Crippen LogP contribution in [0.4, 0.5) is 5.69 Å². The van der Waals surface area contributed by atoms with E-state index in [2.05, 4.69) is 49.1 Å². The number of benzene rings is 2. The van der Waals surface area contributed by atoms with Crippen LogP contribution in [0.1, 0.15) is 68.6 Å². The van der Waals surface area contributed by atoms with Gasteiger partial charge in [0.1, 0.15) is 5.75 Å². The average Bonchev–Trinajstić information content (AvgIpc) is 2.68. The van der Waals surface area contributed by atoms with Gasteiger partial charge in [-0.05, 0) is 91.3 Å². The molecule has 1 aliphatic heterocycles. The minimum absolute atomic E-state index is 0.398. The van der Waals surface area contributed by atoms with Crippen molar-refractivity contribution in [2.45, 2.75) is 58.3 Å². The zero-order valence-corrected chi connectivity index (χ0v) is 16.8. The van der Waals surface area contributed by atoms with E-state index < -0.39 is 0 Å². The van der Waals surface area contributed by atoms with E-state index in [0.717, 1.165) is 6.42 Å². The van der Waals surface area contributed by atoms with Crippen LogP contribution in [0.15, 0.2) is 42.5 Å². The van der Waals surface area contributed by atoms with Gasteiger partial charge in [-0.15, -0.1) is 0 Å². The summed E-state index contributed by atoms with van der Waals surface area (Å²) in [6.45, 7) is 7.06. The topological polar surface area (TPSA) is 23.5 Å². The summed E-state index contributed by atoms with van der Waals surface area (Å²) in [6.07, 6.45) is 7.57. The maximum atomic E-state index is 9.93. The fourth-order valence-corrected chi connectivity index (χ4v) is 5.23. The predicted octanol–water partition coefficient (Wildman–Crippen LogP) is 6.12. The number of phenolic OH excluding ortho intramolecular Hbond substituents is 1. The molecule has 2 nitrogen and oxygen atoms in total. The van der Waals surface area contributed by atoms with Crippen molar-refractivity contribution in [3.8, 4) is 5.75 Å². The zero-order chi connectivity index (χ0) is 18.8. The van der Waals surface area contributed by atoms with Crippen molar-refractivity contribution in [2.75, 3.05) is 18.0 Å². The molecule has 0 spiro atoms. The molecule has 2 aromatic rings. The summed E-state index contributed by atoms with van der Waals surface area (Å²) in [6, 6.07) is 15.4. The average molecular weight is 364 g/mol. The van der Waals surface area contributed by atoms with Crippen LogP contribution >= 0.6 is 0 Å². The third-order valence-electron chi connectivity index (χ3n) is 6.47. The van der Waals surface area contributed by atoms with Crippen LogP contribution in [0, 0.1) is 11.8 Å². The number of aromatic hydroxyl groups is 1. The molecule has 4 rings (SSSR count). The van der Waals surface area contributed by atoms with Gasteiger partial charge in [-0.25, -0.2) is 0 Å². The number of aryl methyl sites for hydroxylation is 1. The predicted molar refractivity (Wildman–Crippen MR) is 114 cm³/mol. The Morgan fingerprint density at radius 1 is 1.00 bits per heavy atom. The third kappa shape index (κ3) is 4.00. The summed E-state index contributed by atoms with van der Waals surface area (Å²) in [4.78, 5) is 2.53. The van der Waals surface area contributed by atoms with Crippen molar-refractivity contribution < 1.29 is 5.11 Å². The molecular formula is C25H33NO. The first-order chi connectivity index (χ1) is 13.1. The van der Waals surface area contributed by atoms with E-state index in [1.807, 2.05) is 12.1 Å². The molecule has 0 saturated carbocycles. The maximum Gasteiger partial charge on any atom is 0.115 e. The third-order valence-corrected chi connectivity index (χ3v) is 6.47. The molecule has 2 heteroatoms. The summed E-state index contributed by atoms with van der Waals surface area (Å²) in [5, 5.41) is 9.93. The number of hydrogen-bond donors (Lipinski definition) is 1. The Morgan fingerprint density at radius 3 is 2.44 bits per heavy atom. The van der Waals surface area contributed by atoms with Crippen molar-refractivity contribution in [3.63, 3.8) is 0 Å². The Balaban J connectivity index is 1.65. The number of anilines is 1. The molecule has 0 radical (unpaired) electrons. The molecule has 2 aromatic carbocycles. The first kappa shape index (κ1) is 18.4. The van der Waals surface area contributed by atoms with Gasteiger partial charge in [0.25, 0.3) is 0 Å². The molecule has 144 valence electrons. The molecule has 2 atom stereocenters. The Bertz CT molecular complexity index is 758. The fourth-order valence-electron chi connectivity index (χ4n) is 5.23. The van der Waals surface area contributed by atoms with Crippen LogP contribution in [0.25, 0.3) is 0 Å². The lowest BCUT2D eigenvalue weighted by molar-refractivity contribution is 0.335. The molecule has 0 aromatic heterocycles. The Kier molecular flexibility index (Phi) is 5.43. The van der Waals surface area contributed by atoms with Gasteiger partial charge in [0.2, 0.25) is 0 Å². The summed E-state index contributed by atoms with van der Waals surface area (Å²) < 4.78 is 0. The van der Waals surface area contributed by atoms with Crippen molar-refractivity contribution in [3.05, 3.63) is 59.2 Å². The Morgan fingerprint density at radius 2 is 1.74 bits per heavy atom. The summed E-state index contributed by atoms with van der Waals surface area (Å²) >= 11 is 0. The highest BCUT2D eigenvalue weighted by Crippen LogP contribution is 2.44. The lowest BCUT2D eigenvalue weighted by atomic mass is 9.69. The zero-order valence-electron chi connectivity index (χ0n) is 16.8. The second kappa shape index (κ2) is 7.96. The minimum Gasteiger partial charge on any atom is -0.508 e. The van der Waals surface area contributed by atoms with Gasteiger partial charge >= 0.3 is 0 Å². The molecule has 0 amide bonds. The maximum absolute atomic E-state index is 9.93. The molecule has 1 saturated heterocycles. The molecule has 1 aliphatic carbocycles. The second-order valence-corrected chi connectivity index (χ2v) is 8.93. The van der Waals surface area contributed by atoms with Crippen LogP contribution in [-0.4, -0.2) is 18.2 Å². The van der Waals surface area contributed by atoms with E-state index in [0.29, 0.717) is 23.5 Å². The largest absolute Gasteiger partial charge is 0.508 e. The van der Waals surface area contributed by atoms with E-state index in [4.69, 9.17) is 0 Å². The van der Waals surface area contributed by atoms with Crippen molar-refractivity contribution >= 4 is 5.69 Å². The van der Waals surface area contributed by atoms with Crippen molar-refractivity contribution in [2.24, 2.45) is 11.8 Å². The van der Waals surface area contributed by atoms with Crippen molar-refractivity contribution in [1.29, 1.82) is 0 Å². The van der Waals surface area contributed by atoms with E-state index in [9.17, 15) is 5.11 Å². The van der Waals surface area contributed by atoms with Gasteiger partial charge in [0.15, 0.2) is 0 Å². The van der Waals surface area contributed by atoms with E-state index in [-0.39, 0.29) is 0 Å². The summed E-state index contributed by atoms with van der Waals surface area (Å²) in [5.41, 5.74) is 5.57. The molecule has 0 bridgehead atoms. The van der Waals surface area contributed by atoms with Gasteiger partial charge in [0, 0.05) is 24.7 Å². The van der Waals surface area contributed by atoms with E-state index in [1.165, 1.54) is 67.6 Å². The number of fused-ring (bicyclic) bond motifs is 1. The minimum atomic E-state index is 0.398. The van der Waals surface area contributed by atoms with Gasteiger partial charge in [0.05, 0.1) is 0 Å². The van der Waals surface area contributed by atoms with Crippen LogP contribution in [0.3, 0.4) is 0 Å². The number of piperidine rings is 1. The molecular weight excluding hydrogens is 330 g/mol. The number of nitrogens with zero attached hydrogens (tertiary/aromatic N) is 1. The number of hydrogen-bond acceptors (Lipinski definition) is 2. The Hall–Kier alpha value is -1.96. The normalized spacial score (nSPS) is 22.7. The van der Waals surface area contributed by atoms with Gasteiger partial charge in [-0.3, -0.25) is 0 Å². The quantitative estimate of drug-likeness (QED) is 0.707. The smallest absolute Gasteiger partial charge is 0.115 e. The first-order valence-corrected chi connectivity index (χ1v) is 10.8. The lowest BCUT2D eigenvalue weighted by Gasteiger charge is -2.36. The van der Waals surface area contributed by atoms with Gasteiger partial charge < -0.3 is 10.0 Å².